The number of hydrazone groups is 1. The highest BCUT2D eigenvalue weighted by Gasteiger charge is 2.19. The third-order valence-electron chi connectivity index (χ3n) is 2.03. The van der Waals surface area contributed by atoms with Gasteiger partial charge in [-0.25, -0.2) is 5.43 Å². The first-order valence-corrected chi connectivity index (χ1v) is 4.80. The molecule has 4 nitrogen and oxygen atoms in total. The lowest BCUT2D eigenvalue weighted by Gasteiger charge is -2.18. The summed E-state index contributed by atoms with van der Waals surface area (Å²) in [5.41, 5.74) is 3.34. The van der Waals surface area contributed by atoms with E-state index < -0.39 is 0 Å². The van der Waals surface area contributed by atoms with Gasteiger partial charge in [0.05, 0.1) is 0 Å². The van der Waals surface area contributed by atoms with Crippen LogP contribution in [0.25, 0.3) is 0 Å². The second-order valence-electron chi connectivity index (χ2n) is 3.05. The molecule has 14 heavy (non-hydrogen) atoms. The number of carbonyl (C=O) groups excluding carboxylic acids is 1. The minimum absolute atomic E-state index is 0.0348. The Morgan fingerprint density at radius 3 is 3.07 bits per heavy atom. The highest BCUT2D eigenvalue weighted by Crippen LogP contribution is 2.23. The maximum atomic E-state index is 10.8. The number of hydrogen-bond acceptors (Lipinski definition) is 4. The molecular weight excluding hydrogens is 200 g/mol. The molecule has 2 aliphatic rings. The van der Waals surface area contributed by atoms with E-state index in [9.17, 15) is 4.79 Å². The maximum Gasteiger partial charge on any atom is 0.278 e. The molecule has 0 spiro atoms. The lowest BCUT2D eigenvalue weighted by atomic mass is 10.0. The van der Waals surface area contributed by atoms with Crippen molar-refractivity contribution >= 4 is 24.4 Å². The second-order valence-corrected chi connectivity index (χ2v) is 3.53. The van der Waals surface area contributed by atoms with Gasteiger partial charge in [0.25, 0.3) is 5.91 Å². The van der Waals surface area contributed by atoms with Crippen LogP contribution in [0.2, 0.25) is 0 Å². The zero-order chi connectivity index (χ0) is 9.97. The predicted molar refractivity (Wildman–Crippen MR) is 55.9 cm³/mol. The molecule has 1 N–H and O–H groups in total. The highest BCUT2D eigenvalue weighted by atomic mass is 32.1. The van der Waals surface area contributed by atoms with Gasteiger partial charge in [0.1, 0.15) is 0 Å². The quantitative estimate of drug-likeness (QED) is 0.634. The molecule has 0 atom stereocenters. The number of thiol groups is 1. The fourth-order valence-corrected chi connectivity index (χ4v) is 1.65. The Balaban J connectivity index is 2.22. The molecule has 0 bridgehead atoms. The fraction of sp³-hybridized carbons (Fsp3) is 0.333. The van der Waals surface area contributed by atoms with Gasteiger partial charge >= 0.3 is 0 Å². The monoisotopic (exact) mass is 210 g/mol. The third kappa shape index (κ3) is 1.82. The number of ether oxygens (including phenoxy) is 1. The van der Waals surface area contributed by atoms with Crippen LogP contribution in [-0.2, 0) is 9.53 Å². The molecule has 0 aromatic heterocycles. The number of carbonyl (C=O) groups is 1. The van der Waals surface area contributed by atoms with Crippen molar-refractivity contribution in [3.05, 3.63) is 22.6 Å². The molecule has 0 aromatic rings. The van der Waals surface area contributed by atoms with Crippen molar-refractivity contribution in [1.29, 1.82) is 0 Å². The van der Waals surface area contributed by atoms with Gasteiger partial charge in [-0.3, -0.25) is 4.79 Å². The van der Waals surface area contributed by atoms with Crippen molar-refractivity contribution in [2.45, 2.75) is 12.8 Å². The van der Waals surface area contributed by atoms with Crippen molar-refractivity contribution < 1.29 is 9.53 Å². The molecule has 5 heteroatoms. The standard InChI is InChI=1S/C9H10N2O2S/c12-8-5-13-9(11-10-8)6-3-1-2-4-7(6)14/h2,4,14H,1,3,5H2,(H,10,12). The van der Waals surface area contributed by atoms with Crippen LogP contribution >= 0.6 is 12.6 Å². The van der Waals surface area contributed by atoms with Crippen molar-refractivity contribution in [3.63, 3.8) is 0 Å². The first-order valence-electron chi connectivity index (χ1n) is 4.36. The Morgan fingerprint density at radius 2 is 2.43 bits per heavy atom. The van der Waals surface area contributed by atoms with Crippen molar-refractivity contribution in [2.24, 2.45) is 5.10 Å². The van der Waals surface area contributed by atoms with E-state index in [1.54, 1.807) is 0 Å². The zero-order valence-corrected chi connectivity index (χ0v) is 8.38. The maximum absolute atomic E-state index is 10.8. The summed E-state index contributed by atoms with van der Waals surface area (Å²) in [6, 6.07) is 0. The molecule has 0 fully saturated rings. The molecule has 2 rings (SSSR count). The van der Waals surface area contributed by atoms with Crippen molar-refractivity contribution in [2.75, 3.05) is 6.61 Å². The van der Waals surface area contributed by atoms with Gasteiger partial charge in [0.2, 0.25) is 5.90 Å². The molecule has 0 saturated carbocycles. The van der Waals surface area contributed by atoms with E-state index in [0.717, 1.165) is 23.3 Å². The van der Waals surface area contributed by atoms with Crippen LogP contribution in [0.5, 0.6) is 0 Å². The van der Waals surface area contributed by atoms with E-state index in [-0.39, 0.29) is 12.5 Å². The average molecular weight is 210 g/mol. The van der Waals surface area contributed by atoms with Gasteiger partial charge in [-0.2, -0.15) is 0 Å². The minimum Gasteiger partial charge on any atom is -0.466 e. The first kappa shape index (κ1) is 9.33. The first-order chi connectivity index (χ1) is 6.77. The Morgan fingerprint density at radius 1 is 1.57 bits per heavy atom. The smallest absolute Gasteiger partial charge is 0.278 e. The molecule has 0 saturated heterocycles. The van der Waals surface area contributed by atoms with E-state index in [2.05, 4.69) is 23.2 Å². The van der Waals surface area contributed by atoms with Crippen LogP contribution in [0.1, 0.15) is 12.8 Å². The average Bonchev–Trinajstić information content (AvgIpc) is 2.20. The summed E-state index contributed by atoms with van der Waals surface area (Å²) in [4.78, 5) is 11.6. The van der Waals surface area contributed by atoms with Crippen molar-refractivity contribution in [3.8, 4) is 0 Å². The van der Waals surface area contributed by atoms with E-state index in [1.807, 2.05) is 12.2 Å². The molecule has 1 aliphatic carbocycles. The highest BCUT2D eigenvalue weighted by molar-refractivity contribution is 7.84. The van der Waals surface area contributed by atoms with Crippen LogP contribution in [0.15, 0.2) is 27.7 Å². The lowest BCUT2D eigenvalue weighted by molar-refractivity contribution is -0.124. The summed E-state index contributed by atoms with van der Waals surface area (Å²) in [5, 5.41) is 3.84. The summed E-state index contributed by atoms with van der Waals surface area (Å²) >= 11 is 4.31. The number of hydrogen-bond donors (Lipinski definition) is 2. The zero-order valence-electron chi connectivity index (χ0n) is 7.49. The van der Waals surface area contributed by atoms with E-state index >= 15 is 0 Å². The van der Waals surface area contributed by atoms with E-state index in [4.69, 9.17) is 4.74 Å². The number of allylic oxidation sites excluding steroid dienone is 2. The topological polar surface area (TPSA) is 50.7 Å². The van der Waals surface area contributed by atoms with Gasteiger partial charge in [-0.1, -0.05) is 12.2 Å². The van der Waals surface area contributed by atoms with Gasteiger partial charge in [-0.05, 0) is 12.8 Å². The minimum atomic E-state index is -0.221. The SMILES string of the molecule is O=C1COC(C2=C(S)C=CCC2)=NN1. The third-order valence-corrected chi connectivity index (χ3v) is 2.45. The molecule has 1 heterocycles. The Hall–Kier alpha value is -1.23. The van der Waals surface area contributed by atoms with Crippen LogP contribution in [0.4, 0.5) is 0 Å². The molecule has 0 radical (unpaired) electrons. The number of amides is 1. The molecule has 0 unspecified atom stereocenters. The molecule has 1 aliphatic heterocycles. The number of rotatable bonds is 1. The summed E-state index contributed by atoms with van der Waals surface area (Å²) in [7, 11) is 0. The summed E-state index contributed by atoms with van der Waals surface area (Å²) in [5.74, 6) is 0.264. The second kappa shape index (κ2) is 3.88. The molecule has 1 amide bonds. The summed E-state index contributed by atoms with van der Waals surface area (Å²) < 4.78 is 5.20. The van der Waals surface area contributed by atoms with Crippen LogP contribution < -0.4 is 5.43 Å². The fourth-order valence-electron chi connectivity index (χ4n) is 1.33. The van der Waals surface area contributed by atoms with Crippen LogP contribution in [-0.4, -0.2) is 18.4 Å². The Bertz CT molecular complexity index is 358. The lowest BCUT2D eigenvalue weighted by Crippen LogP contribution is -2.32. The Labute approximate surface area is 87.1 Å². The van der Waals surface area contributed by atoms with Crippen LogP contribution in [0.3, 0.4) is 0 Å². The Kier molecular flexibility index (Phi) is 2.58. The van der Waals surface area contributed by atoms with Gasteiger partial charge in [0, 0.05) is 10.5 Å². The molecular formula is C9H10N2O2S. The predicted octanol–water partition coefficient (Wildman–Crippen LogP) is 0.980. The normalized spacial score (nSPS) is 21.5. The summed E-state index contributed by atoms with van der Waals surface area (Å²) in [6.07, 6.45) is 5.78. The summed E-state index contributed by atoms with van der Waals surface area (Å²) in [6.45, 7) is 0.0348. The number of nitrogens with zero attached hydrogens (tertiary/aromatic N) is 1. The largest absolute Gasteiger partial charge is 0.466 e. The number of nitrogens with one attached hydrogen (secondary N) is 1. The van der Waals surface area contributed by atoms with Crippen LogP contribution in [0, 0.1) is 0 Å². The van der Waals surface area contributed by atoms with E-state index in [1.165, 1.54) is 0 Å². The van der Waals surface area contributed by atoms with Crippen molar-refractivity contribution in [1.82, 2.24) is 5.43 Å². The van der Waals surface area contributed by atoms with Gasteiger partial charge < -0.3 is 4.74 Å². The molecule has 74 valence electrons. The van der Waals surface area contributed by atoms with Gasteiger partial charge in [0.15, 0.2) is 6.61 Å². The molecule has 0 aromatic carbocycles. The van der Waals surface area contributed by atoms with Gasteiger partial charge in [-0.15, -0.1) is 17.7 Å². The van der Waals surface area contributed by atoms with E-state index in [0.29, 0.717) is 5.90 Å².